The van der Waals surface area contributed by atoms with Crippen molar-refractivity contribution in [2.24, 2.45) is 7.05 Å². The molecule has 82 valence electrons. The van der Waals surface area contributed by atoms with Crippen LogP contribution in [-0.4, -0.2) is 9.55 Å². The number of aryl methyl sites for hydroxylation is 1. The van der Waals surface area contributed by atoms with Gasteiger partial charge in [-0.1, -0.05) is 17.7 Å². The van der Waals surface area contributed by atoms with E-state index in [1.165, 1.54) is 24.0 Å². The van der Waals surface area contributed by atoms with E-state index in [0.717, 1.165) is 10.7 Å². The predicted octanol–water partition coefficient (Wildman–Crippen LogP) is 3.62. The van der Waals surface area contributed by atoms with Gasteiger partial charge in [0, 0.05) is 23.8 Å². The number of rotatable bonds is 2. The number of halogens is 1. The summed E-state index contributed by atoms with van der Waals surface area (Å²) in [5, 5.41) is 0.782. The van der Waals surface area contributed by atoms with Crippen molar-refractivity contribution >= 4 is 11.6 Å². The van der Waals surface area contributed by atoms with Crippen LogP contribution in [0, 0.1) is 0 Å². The van der Waals surface area contributed by atoms with Gasteiger partial charge in [0.05, 0.1) is 12.0 Å². The number of imidazole rings is 1. The summed E-state index contributed by atoms with van der Waals surface area (Å²) >= 11 is 6.06. The van der Waals surface area contributed by atoms with E-state index in [9.17, 15) is 0 Å². The number of benzene rings is 1. The van der Waals surface area contributed by atoms with Crippen LogP contribution in [0.3, 0.4) is 0 Å². The van der Waals surface area contributed by atoms with Crippen molar-refractivity contribution in [2.45, 2.75) is 18.8 Å². The molecule has 0 unspecified atom stereocenters. The van der Waals surface area contributed by atoms with Crippen LogP contribution in [0.4, 0.5) is 0 Å². The van der Waals surface area contributed by atoms with E-state index in [2.05, 4.69) is 11.1 Å². The van der Waals surface area contributed by atoms with Crippen LogP contribution in [0.25, 0.3) is 11.3 Å². The Bertz CT molecular complexity index is 526. The van der Waals surface area contributed by atoms with Gasteiger partial charge in [0.2, 0.25) is 0 Å². The highest BCUT2D eigenvalue weighted by Crippen LogP contribution is 2.44. The zero-order chi connectivity index (χ0) is 11.1. The lowest BCUT2D eigenvalue weighted by Crippen LogP contribution is -1.87. The van der Waals surface area contributed by atoms with Gasteiger partial charge in [0.15, 0.2) is 0 Å². The lowest BCUT2D eigenvalue weighted by Gasteiger charge is -2.06. The molecule has 1 aliphatic rings. The minimum atomic E-state index is 0.717. The maximum absolute atomic E-state index is 6.06. The van der Waals surface area contributed by atoms with Crippen molar-refractivity contribution in [2.75, 3.05) is 0 Å². The Morgan fingerprint density at radius 1 is 1.38 bits per heavy atom. The van der Waals surface area contributed by atoms with Crippen LogP contribution < -0.4 is 0 Å². The molecule has 1 saturated carbocycles. The van der Waals surface area contributed by atoms with Crippen molar-refractivity contribution in [3.8, 4) is 11.3 Å². The zero-order valence-electron chi connectivity index (χ0n) is 9.15. The van der Waals surface area contributed by atoms with Crippen LogP contribution in [0.15, 0.2) is 30.7 Å². The van der Waals surface area contributed by atoms with Gasteiger partial charge in [-0.3, -0.25) is 0 Å². The van der Waals surface area contributed by atoms with Gasteiger partial charge >= 0.3 is 0 Å². The van der Waals surface area contributed by atoms with Gasteiger partial charge < -0.3 is 4.57 Å². The lowest BCUT2D eigenvalue weighted by atomic mass is 10.0. The first kappa shape index (κ1) is 9.91. The Labute approximate surface area is 99.9 Å². The molecule has 0 saturated heterocycles. The van der Waals surface area contributed by atoms with E-state index in [1.807, 2.05) is 36.3 Å². The molecule has 3 heteroatoms. The normalized spacial score (nSPS) is 15.4. The average molecular weight is 233 g/mol. The molecule has 3 rings (SSSR count). The van der Waals surface area contributed by atoms with Crippen molar-refractivity contribution in [3.05, 3.63) is 41.3 Å². The smallest absolute Gasteiger partial charge is 0.0951 e. The monoisotopic (exact) mass is 232 g/mol. The van der Waals surface area contributed by atoms with Gasteiger partial charge in [-0.2, -0.15) is 0 Å². The number of hydrogen-bond acceptors (Lipinski definition) is 1. The zero-order valence-corrected chi connectivity index (χ0v) is 9.91. The summed E-state index contributed by atoms with van der Waals surface area (Å²) in [4.78, 5) is 4.40. The van der Waals surface area contributed by atoms with Crippen LogP contribution >= 0.6 is 11.6 Å². The van der Waals surface area contributed by atoms with Gasteiger partial charge in [-0.15, -0.1) is 0 Å². The Balaban J connectivity index is 2.13. The average Bonchev–Trinajstić information content (AvgIpc) is 3.01. The molecule has 1 fully saturated rings. The number of nitrogens with zero attached hydrogens (tertiary/aromatic N) is 2. The van der Waals surface area contributed by atoms with Crippen molar-refractivity contribution < 1.29 is 0 Å². The summed E-state index contributed by atoms with van der Waals surface area (Å²) in [5.41, 5.74) is 3.60. The fourth-order valence-corrected chi connectivity index (χ4v) is 2.22. The van der Waals surface area contributed by atoms with E-state index in [4.69, 9.17) is 11.6 Å². The quantitative estimate of drug-likeness (QED) is 0.773. The number of aromatic nitrogens is 2. The van der Waals surface area contributed by atoms with Crippen molar-refractivity contribution in [3.63, 3.8) is 0 Å². The minimum absolute atomic E-state index is 0.717. The third-order valence-electron chi connectivity index (χ3n) is 3.01. The summed E-state index contributed by atoms with van der Waals surface area (Å²) < 4.78 is 1.97. The molecule has 1 heterocycles. The molecular formula is C13H13ClN2. The minimum Gasteiger partial charge on any atom is -0.340 e. The Morgan fingerprint density at radius 2 is 2.19 bits per heavy atom. The molecule has 1 aromatic heterocycles. The SMILES string of the molecule is Cn1cnc(-c2cc(Cl)ccc2C2CC2)c1. The molecule has 2 nitrogen and oxygen atoms in total. The lowest BCUT2D eigenvalue weighted by molar-refractivity contribution is 0.913. The second-order valence-electron chi connectivity index (χ2n) is 4.43. The molecule has 0 amide bonds. The second kappa shape index (κ2) is 3.63. The molecule has 0 atom stereocenters. The van der Waals surface area contributed by atoms with E-state index < -0.39 is 0 Å². The highest BCUT2D eigenvalue weighted by Gasteiger charge is 2.26. The van der Waals surface area contributed by atoms with E-state index in [-0.39, 0.29) is 0 Å². The Kier molecular flexibility index (Phi) is 2.25. The third kappa shape index (κ3) is 1.74. The standard InChI is InChI=1S/C13H13ClN2/c1-16-7-13(15-8-16)12-6-10(14)4-5-11(12)9-2-3-9/h4-9H,2-3H2,1H3. The predicted molar refractivity (Wildman–Crippen MR) is 65.6 cm³/mol. The fraction of sp³-hybridized carbons (Fsp3) is 0.308. The van der Waals surface area contributed by atoms with Gasteiger partial charge in [-0.05, 0) is 36.5 Å². The van der Waals surface area contributed by atoms with E-state index in [1.54, 1.807) is 0 Å². The maximum atomic E-state index is 6.06. The fourth-order valence-electron chi connectivity index (χ4n) is 2.05. The first-order chi connectivity index (χ1) is 7.74. The third-order valence-corrected chi connectivity index (χ3v) is 3.25. The van der Waals surface area contributed by atoms with Crippen molar-refractivity contribution in [1.29, 1.82) is 0 Å². The first-order valence-electron chi connectivity index (χ1n) is 5.52. The van der Waals surface area contributed by atoms with E-state index in [0.29, 0.717) is 5.92 Å². The summed E-state index contributed by atoms with van der Waals surface area (Å²) in [6, 6.07) is 6.14. The van der Waals surface area contributed by atoms with Crippen LogP contribution in [0.5, 0.6) is 0 Å². The Hall–Kier alpha value is -1.28. The first-order valence-corrected chi connectivity index (χ1v) is 5.89. The summed E-state index contributed by atoms with van der Waals surface area (Å²) in [6.45, 7) is 0. The van der Waals surface area contributed by atoms with Gasteiger partial charge in [-0.25, -0.2) is 4.98 Å². The topological polar surface area (TPSA) is 17.8 Å². The highest BCUT2D eigenvalue weighted by atomic mass is 35.5. The second-order valence-corrected chi connectivity index (χ2v) is 4.87. The molecule has 0 N–H and O–H groups in total. The molecule has 16 heavy (non-hydrogen) atoms. The van der Waals surface area contributed by atoms with Crippen LogP contribution in [-0.2, 0) is 7.05 Å². The maximum Gasteiger partial charge on any atom is 0.0951 e. The summed E-state index contributed by atoms with van der Waals surface area (Å²) in [6.07, 6.45) is 6.45. The summed E-state index contributed by atoms with van der Waals surface area (Å²) in [5.74, 6) is 0.717. The Morgan fingerprint density at radius 3 is 2.81 bits per heavy atom. The largest absolute Gasteiger partial charge is 0.340 e. The molecule has 0 radical (unpaired) electrons. The molecule has 2 aromatic rings. The van der Waals surface area contributed by atoms with Crippen LogP contribution in [0.2, 0.25) is 5.02 Å². The van der Waals surface area contributed by atoms with Gasteiger partial charge in [0.1, 0.15) is 0 Å². The molecule has 0 bridgehead atoms. The van der Waals surface area contributed by atoms with E-state index >= 15 is 0 Å². The molecule has 0 aliphatic heterocycles. The number of hydrogen-bond donors (Lipinski definition) is 0. The molecule has 1 aromatic carbocycles. The highest BCUT2D eigenvalue weighted by molar-refractivity contribution is 6.30. The summed E-state index contributed by atoms with van der Waals surface area (Å²) in [7, 11) is 1.98. The molecular weight excluding hydrogens is 220 g/mol. The molecule has 1 aliphatic carbocycles. The van der Waals surface area contributed by atoms with Crippen LogP contribution in [0.1, 0.15) is 24.3 Å². The molecule has 0 spiro atoms. The van der Waals surface area contributed by atoms with Crippen molar-refractivity contribution in [1.82, 2.24) is 9.55 Å². The van der Waals surface area contributed by atoms with Gasteiger partial charge in [0.25, 0.3) is 0 Å².